The number of rotatable bonds is 3. The van der Waals surface area contributed by atoms with Crippen molar-refractivity contribution in [2.45, 2.75) is 32.4 Å². The summed E-state index contributed by atoms with van der Waals surface area (Å²) in [6, 6.07) is 9.43. The van der Waals surface area contributed by atoms with Gasteiger partial charge in [-0.05, 0) is 38.5 Å². The number of carbonyl (C=O) groups excluding carboxylic acids is 1. The highest BCUT2D eigenvalue weighted by atomic mass is 35.5. The minimum absolute atomic E-state index is 0.0461. The van der Waals surface area contributed by atoms with Crippen LogP contribution >= 0.6 is 11.6 Å². The molecule has 2 N–H and O–H groups in total. The van der Waals surface area contributed by atoms with E-state index in [-0.39, 0.29) is 12.5 Å². The van der Waals surface area contributed by atoms with Crippen molar-refractivity contribution in [3.8, 4) is 17.2 Å². The van der Waals surface area contributed by atoms with Crippen LogP contribution in [0.5, 0.6) is 17.2 Å². The van der Waals surface area contributed by atoms with Gasteiger partial charge in [0.25, 0.3) is 0 Å². The number of hydrogen-bond acceptors (Lipinski definition) is 5. The average molecular weight is 378 g/mol. The van der Waals surface area contributed by atoms with E-state index in [0.29, 0.717) is 27.6 Å². The van der Waals surface area contributed by atoms with Crippen molar-refractivity contribution in [2.75, 3.05) is 6.79 Å². The van der Waals surface area contributed by atoms with Crippen LogP contribution in [0.15, 0.2) is 36.4 Å². The highest BCUT2D eigenvalue weighted by Gasteiger charge is 2.28. The SMILES string of the molecule is CC(C)(C)OC(=O)N[C@H](c1cc2c(cc1O)OCO2)c1ccccc1Cl. The molecule has 0 saturated carbocycles. The Labute approximate surface area is 156 Å². The number of benzene rings is 2. The second-order valence-corrected chi connectivity index (χ2v) is 7.27. The molecular weight excluding hydrogens is 358 g/mol. The summed E-state index contributed by atoms with van der Waals surface area (Å²) in [7, 11) is 0. The van der Waals surface area contributed by atoms with E-state index in [1.165, 1.54) is 6.07 Å². The number of halogens is 1. The molecule has 0 fully saturated rings. The first-order valence-electron chi connectivity index (χ1n) is 8.11. The number of phenols is 1. The van der Waals surface area contributed by atoms with Gasteiger partial charge in [-0.25, -0.2) is 4.79 Å². The highest BCUT2D eigenvalue weighted by molar-refractivity contribution is 6.31. The van der Waals surface area contributed by atoms with Gasteiger partial charge in [0.2, 0.25) is 6.79 Å². The molecule has 1 atom stereocenters. The van der Waals surface area contributed by atoms with Gasteiger partial charge >= 0.3 is 6.09 Å². The van der Waals surface area contributed by atoms with E-state index in [0.717, 1.165) is 0 Å². The molecule has 3 rings (SSSR count). The van der Waals surface area contributed by atoms with Crippen LogP contribution in [0.2, 0.25) is 5.02 Å². The van der Waals surface area contributed by atoms with Crippen molar-refractivity contribution >= 4 is 17.7 Å². The van der Waals surface area contributed by atoms with Crippen molar-refractivity contribution < 1.29 is 24.1 Å². The van der Waals surface area contributed by atoms with Crippen LogP contribution in [0.3, 0.4) is 0 Å². The first-order chi connectivity index (χ1) is 12.2. The van der Waals surface area contributed by atoms with E-state index < -0.39 is 17.7 Å². The molecule has 0 aliphatic carbocycles. The third-order valence-electron chi connectivity index (χ3n) is 3.71. The third-order valence-corrected chi connectivity index (χ3v) is 4.05. The largest absolute Gasteiger partial charge is 0.507 e. The summed E-state index contributed by atoms with van der Waals surface area (Å²) in [6.07, 6.45) is -0.625. The number of alkyl carbamates (subject to hydrolysis) is 1. The van der Waals surface area contributed by atoms with Crippen molar-refractivity contribution in [3.05, 3.63) is 52.5 Å². The van der Waals surface area contributed by atoms with E-state index in [1.54, 1.807) is 51.1 Å². The summed E-state index contributed by atoms with van der Waals surface area (Å²) >= 11 is 6.33. The quantitative estimate of drug-likeness (QED) is 0.829. The number of amides is 1. The predicted molar refractivity (Wildman–Crippen MR) is 96.9 cm³/mol. The Balaban J connectivity index is 2.01. The molecule has 6 nitrogen and oxygen atoms in total. The van der Waals surface area contributed by atoms with Crippen LogP contribution < -0.4 is 14.8 Å². The molecule has 1 amide bonds. The molecule has 2 aromatic carbocycles. The lowest BCUT2D eigenvalue weighted by Crippen LogP contribution is -2.35. The van der Waals surface area contributed by atoms with Crippen molar-refractivity contribution in [3.63, 3.8) is 0 Å². The standard InChI is InChI=1S/C19H20ClNO5/c1-19(2,3)26-18(23)21-17(11-6-4-5-7-13(11)20)12-8-15-16(9-14(12)22)25-10-24-15/h4-9,17,22H,10H2,1-3H3,(H,21,23)/t17-/m0/s1. The predicted octanol–water partition coefficient (Wildman–Crippen LogP) is 4.39. The van der Waals surface area contributed by atoms with E-state index in [2.05, 4.69) is 5.32 Å². The molecule has 1 aliphatic rings. The van der Waals surface area contributed by atoms with Crippen molar-refractivity contribution in [1.82, 2.24) is 5.32 Å². The number of hydrogen-bond donors (Lipinski definition) is 2. The van der Waals surface area contributed by atoms with Crippen molar-refractivity contribution in [1.29, 1.82) is 0 Å². The minimum Gasteiger partial charge on any atom is -0.507 e. The van der Waals surface area contributed by atoms with Gasteiger partial charge in [-0.1, -0.05) is 29.8 Å². The lowest BCUT2D eigenvalue weighted by Gasteiger charge is -2.25. The number of carbonyl (C=O) groups is 1. The summed E-state index contributed by atoms with van der Waals surface area (Å²) < 4.78 is 16.0. The number of ether oxygens (including phenoxy) is 3. The van der Waals surface area contributed by atoms with E-state index in [4.69, 9.17) is 25.8 Å². The average Bonchev–Trinajstić information content (AvgIpc) is 2.98. The Hall–Kier alpha value is -2.60. The molecule has 1 aliphatic heterocycles. The Morgan fingerprint density at radius 2 is 1.85 bits per heavy atom. The zero-order valence-electron chi connectivity index (χ0n) is 14.7. The molecule has 7 heteroatoms. The van der Waals surface area contributed by atoms with E-state index in [9.17, 15) is 9.90 Å². The Bertz CT molecular complexity index is 831. The molecular formula is C19H20ClNO5. The van der Waals surface area contributed by atoms with Gasteiger partial charge in [-0.3, -0.25) is 0 Å². The monoisotopic (exact) mass is 377 g/mol. The lowest BCUT2D eigenvalue weighted by molar-refractivity contribution is 0.0512. The highest BCUT2D eigenvalue weighted by Crippen LogP contribution is 2.42. The van der Waals surface area contributed by atoms with Crippen LogP contribution in [-0.4, -0.2) is 23.6 Å². The lowest BCUT2D eigenvalue weighted by atomic mass is 9.97. The van der Waals surface area contributed by atoms with Gasteiger partial charge in [-0.2, -0.15) is 0 Å². The molecule has 26 heavy (non-hydrogen) atoms. The number of fused-ring (bicyclic) bond motifs is 1. The normalized spacial score (nSPS) is 14.0. The third kappa shape index (κ3) is 3.96. The fraction of sp³-hybridized carbons (Fsp3) is 0.316. The smallest absolute Gasteiger partial charge is 0.408 e. The maximum atomic E-state index is 12.4. The van der Waals surface area contributed by atoms with E-state index >= 15 is 0 Å². The Morgan fingerprint density at radius 3 is 2.50 bits per heavy atom. The number of phenolic OH excluding ortho intramolecular Hbond substituents is 1. The van der Waals surface area contributed by atoms with Gasteiger partial charge < -0.3 is 24.6 Å². The molecule has 0 bridgehead atoms. The van der Waals surface area contributed by atoms with Gasteiger partial charge in [0.05, 0.1) is 6.04 Å². The first kappa shape index (κ1) is 18.2. The van der Waals surface area contributed by atoms with Crippen LogP contribution in [-0.2, 0) is 4.74 Å². The van der Waals surface area contributed by atoms with Crippen molar-refractivity contribution in [2.24, 2.45) is 0 Å². The van der Waals surface area contributed by atoms with Crippen LogP contribution in [0.25, 0.3) is 0 Å². The summed E-state index contributed by atoms with van der Waals surface area (Å²) in [5.74, 6) is 0.887. The minimum atomic E-state index is -0.729. The molecule has 0 aromatic heterocycles. The summed E-state index contributed by atoms with van der Waals surface area (Å²) in [4.78, 5) is 12.4. The second kappa shape index (κ2) is 6.96. The van der Waals surface area contributed by atoms with Gasteiger partial charge in [-0.15, -0.1) is 0 Å². The Kier molecular flexibility index (Phi) is 4.87. The summed E-state index contributed by atoms with van der Waals surface area (Å²) in [5.41, 5.74) is 0.383. The van der Waals surface area contributed by atoms with Crippen LogP contribution in [0, 0.1) is 0 Å². The molecule has 0 radical (unpaired) electrons. The molecule has 2 aromatic rings. The van der Waals surface area contributed by atoms with Crippen LogP contribution in [0.4, 0.5) is 4.79 Å². The summed E-state index contributed by atoms with van der Waals surface area (Å²) in [5, 5.41) is 13.7. The zero-order valence-corrected chi connectivity index (χ0v) is 15.5. The van der Waals surface area contributed by atoms with Gasteiger partial charge in [0.1, 0.15) is 11.4 Å². The topological polar surface area (TPSA) is 77.0 Å². The second-order valence-electron chi connectivity index (χ2n) is 6.87. The Morgan fingerprint density at radius 1 is 1.19 bits per heavy atom. The fourth-order valence-electron chi connectivity index (χ4n) is 2.64. The zero-order chi connectivity index (χ0) is 18.9. The molecule has 0 spiro atoms. The maximum Gasteiger partial charge on any atom is 0.408 e. The molecule has 0 unspecified atom stereocenters. The fourth-order valence-corrected chi connectivity index (χ4v) is 2.88. The molecule has 1 heterocycles. The van der Waals surface area contributed by atoms with E-state index in [1.807, 2.05) is 0 Å². The number of aromatic hydroxyl groups is 1. The molecule has 0 saturated heterocycles. The summed E-state index contributed by atoms with van der Waals surface area (Å²) in [6.45, 7) is 5.40. The van der Waals surface area contributed by atoms with Crippen LogP contribution in [0.1, 0.15) is 37.9 Å². The maximum absolute atomic E-state index is 12.4. The van der Waals surface area contributed by atoms with Gasteiger partial charge in [0.15, 0.2) is 11.5 Å². The first-order valence-corrected chi connectivity index (χ1v) is 8.49. The number of nitrogens with one attached hydrogen (secondary N) is 1. The molecule has 138 valence electrons. The van der Waals surface area contributed by atoms with Gasteiger partial charge in [0, 0.05) is 16.7 Å².